The van der Waals surface area contributed by atoms with Crippen molar-refractivity contribution in [1.82, 2.24) is 10.6 Å². The molecule has 0 bridgehead atoms. The van der Waals surface area contributed by atoms with E-state index in [0.29, 0.717) is 12.2 Å². The van der Waals surface area contributed by atoms with E-state index in [1.807, 2.05) is 26.0 Å². The van der Waals surface area contributed by atoms with Gasteiger partial charge in [0.05, 0.1) is 0 Å². The van der Waals surface area contributed by atoms with E-state index in [1.165, 1.54) is 0 Å². The van der Waals surface area contributed by atoms with Crippen LogP contribution >= 0.6 is 0 Å². The van der Waals surface area contributed by atoms with Crippen LogP contribution in [0.1, 0.15) is 59.4 Å². The minimum absolute atomic E-state index is 0.0489. The molecule has 7 heteroatoms. The lowest BCUT2D eigenvalue weighted by Crippen LogP contribution is -2.34. The molecule has 3 N–H and O–H groups in total. The van der Waals surface area contributed by atoms with Crippen molar-refractivity contribution in [2.24, 2.45) is 5.92 Å². The quantitative estimate of drug-likeness (QED) is 0.599. The first-order valence-corrected chi connectivity index (χ1v) is 9.78. The van der Waals surface area contributed by atoms with Gasteiger partial charge in [-0.05, 0) is 51.3 Å². The molecule has 3 amide bonds. The van der Waals surface area contributed by atoms with Crippen molar-refractivity contribution in [2.45, 2.75) is 66.0 Å². The second kappa shape index (κ2) is 11.3. The summed E-state index contributed by atoms with van der Waals surface area (Å²) < 4.78 is 5.11. The van der Waals surface area contributed by atoms with E-state index in [2.05, 4.69) is 16.0 Å². The lowest BCUT2D eigenvalue weighted by Gasteiger charge is -2.19. The van der Waals surface area contributed by atoms with Crippen LogP contribution in [0.4, 0.5) is 10.5 Å². The van der Waals surface area contributed by atoms with Crippen LogP contribution in [0.25, 0.3) is 0 Å². The molecule has 0 fully saturated rings. The normalized spacial score (nSPS) is 11.1. The number of nitrogens with one attached hydrogen (secondary N) is 3. The Morgan fingerprint density at radius 1 is 1.00 bits per heavy atom. The lowest BCUT2D eigenvalue weighted by atomic mass is 10.0. The number of amides is 3. The topological polar surface area (TPSA) is 96.5 Å². The Balaban J connectivity index is 2.36. The third-order valence-corrected chi connectivity index (χ3v) is 4.08. The Hall–Kier alpha value is -2.57. The molecule has 0 aliphatic carbocycles. The van der Waals surface area contributed by atoms with E-state index in [9.17, 15) is 14.4 Å². The van der Waals surface area contributed by atoms with Gasteiger partial charge in [0, 0.05) is 31.1 Å². The number of rotatable bonds is 9. The fourth-order valence-corrected chi connectivity index (χ4v) is 2.51. The maximum atomic E-state index is 12.0. The molecule has 1 rings (SSSR count). The highest BCUT2D eigenvalue weighted by molar-refractivity contribution is 5.91. The number of alkyl carbamates (subject to hydrolysis) is 1. The van der Waals surface area contributed by atoms with E-state index in [1.54, 1.807) is 32.9 Å². The number of ether oxygens (including phenoxy) is 1. The summed E-state index contributed by atoms with van der Waals surface area (Å²) in [6.45, 7) is 10.0. The Labute approximate surface area is 167 Å². The van der Waals surface area contributed by atoms with Gasteiger partial charge >= 0.3 is 6.09 Å². The molecule has 0 spiro atoms. The molecule has 1 aromatic rings. The molecule has 0 saturated carbocycles. The van der Waals surface area contributed by atoms with Crippen LogP contribution in [-0.2, 0) is 20.9 Å². The van der Waals surface area contributed by atoms with Gasteiger partial charge in [-0.25, -0.2) is 4.79 Å². The number of carbonyl (C=O) groups is 3. The highest BCUT2D eigenvalue weighted by atomic mass is 16.6. The van der Waals surface area contributed by atoms with Crippen molar-refractivity contribution in [1.29, 1.82) is 0 Å². The van der Waals surface area contributed by atoms with Crippen LogP contribution in [0.5, 0.6) is 0 Å². The SMILES string of the molecule is CCC(CC)C(=O)NCc1ccc(NC(=O)CCNC(=O)OC(C)(C)C)cc1. The van der Waals surface area contributed by atoms with Crippen LogP contribution in [0.3, 0.4) is 0 Å². The second-order valence-corrected chi connectivity index (χ2v) is 7.65. The minimum Gasteiger partial charge on any atom is -0.444 e. The zero-order valence-electron chi connectivity index (χ0n) is 17.6. The highest BCUT2D eigenvalue weighted by Crippen LogP contribution is 2.11. The Morgan fingerprint density at radius 3 is 2.14 bits per heavy atom. The van der Waals surface area contributed by atoms with Gasteiger partial charge in [0.2, 0.25) is 11.8 Å². The summed E-state index contributed by atoms with van der Waals surface area (Å²) in [6, 6.07) is 7.30. The predicted octanol–water partition coefficient (Wildman–Crippen LogP) is 3.59. The predicted molar refractivity (Wildman–Crippen MR) is 110 cm³/mol. The zero-order valence-corrected chi connectivity index (χ0v) is 17.6. The van der Waals surface area contributed by atoms with Crippen LogP contribution in [0.2, 0.25) is 0 Å². The van der Waals surface area contributed by atoms with Gasteiger partial charge in [-0.15, -0.1) is 0 Å². The van der Waals surface area contributed by atoms with Crippen molar-refractivity contribution < 1.29 is 19.1 Å². The monoisotopic (exact) mass is 391 g/mol. The summed E-state index contributed by atoms with van der Waals surface area (Å²) in [5.41, 5.74) is 1.06. The average molecular weight is 392 g/mol. The molecule has 28 heavy (non-hydrogen) atoms. The molecule has 0 aliphatic rings. The third kappa shape index (κ3) is 9.39. The maximum Gasteiger partial charge on any atom is 0.407 e. The van der Waals surface area contributed by atoms with Crippen molar-refractivity contribution in [3.05, 3.63) is 29.8 Å². The van der Waals surface area contributed by atoms with Gasteiger partial charge in [-0.1, -0.05) is 26.0 Å². The first-order chi connectivity index (χ1) is 13.1. The highest BCUT2D eigenvalue weighted by Gasteiger charge is 2.16. The maximum absolute atomic E-state index is 12.0. The molecule has 0 atom stereocenters. The molecule has 7 nitrogen and oxygen atoms in total. The summed E-state index contributed by atoms with van der Waals surface area (Å²) in [6.07, 6.45) is 1.26. The smallest absolute Gasteiger partial charge is 0.407 e. The van der Waals surface area contributed by atoms with Crippen molar-refractivity contribution >= 4 is 23.6 Å². The number of carbonyl (C=O) groups excluding carboxylic acids is 3. The minimum atomic E-state index is -0.568. The van der Waals surface area contributed by atoms with E-state index in [-0.39, 0.29) is 30.7 Å². The fraction of sp³-hybridized carbons (Fsp3) is 0.571. The molecule has 1 aromatic carbocycles. The molecular weight excluding hydrogens is 358 g/mol. The molecule has 0 heterocycles. The Bertz CT molecular complexity index is 647. The van der Waals surface area contributed by atoms with Gasteiger partial charge in [0.1, 0.15) is 5.60 Å². The zero-order chi connectivity index (χ0) is 21.2. The van der Waals surface area contributed by atoms with Gasteiger partial charge < -0.3 is 20.7 Å². The molecule has 0 aliphatic heterocycles. The molecule has 156 valence electrons. The lowest BCUT2D eigenvalue weighted by molar-refractivity contribution is -0.125. The molecule has 0 saturated heterocycles. The summed E-state index contributed by atoms with van der Waals surface area (Å²) in [7, 11) is 0. The van der Waals surface area contributed by atoms with Crippen LogP contribution in [0, 0.1) is 5.92 Å². The van der Waals surface area contributed by atoms with E-state index < -0.39 is 11.7 Å². The Kier molecular flexibility index (Phi) is 9.48. The molecule has 0 aromatic heterocycles. The van der Waals surface area contributed by atoms with Crippen molar-refractivity contribution in [3.63, 3.8) is 0 Å². The molecule has 0 unspecified atom stereocenters. The summed E-state index contributed by atoms with van der Waals surface area (Å²) in [4.78, 5) is 35.5. The van der Waals surface area contributed by atoms with E-state index in [4.69, 9.17) is 4.74 Å². The van der Waals surface area contributed by atoms with Gasteiger partial charge in [0.25, 0.3) is 0 Å². The first kappa shape index (κ1) is 23.5. The van der Waals surface area contributed by atoms with Crippen molar-refractivity contribution in [3.8, 4) is 0 Å². The molecular formula is C21H33N3O4. The van der Waals surface area contributed by atoms with Gasteiger partial charge in [0.15, 0.2) is 0 Å². The third-order valence-electron chi connectivity index (χ3n) is 4.08. The second-order valence-electron chi connectivity index (χ2n) is 7.65. The summed E-state index contributed by atoms with van der Waals surface area (Å²) >= 11 is 0. The summed E-state index contributed by atoms with van der Waals surface area (Å²) in [5, 5.41) is 8.26. The number of hydrogen-bond donors (Lipinski definition) is 3. The number of hydrogen-bond acceptors (Lipinski definition) is 4. The number of benzene rings is 1. The van der Waals surface area contributed by atoms with Crippen molar-refractivity contribution in [2.75, 3.05) is 11.9 Å². The average Bonchev–Trinajstić information content (AvgIpc) is 2.60. The van der Waals surface area contributed by atoms with Gasteiger partial charge in [-0.2, -0.15) is 0 Å². The largest absolute Gasteiger partial charge is 0.444 e. The summed E-state index contributed by atoms with van der Waals surface area (Å²) in [5.74, 6) is -0.0847. The van der Waals surface area contributed by atoms with E-state index >= 15 is 0 Å². The van der Waals surface area contributed by atoms with Crippen LogP contribution < -0.4 is 16.0 Å². The van der Waals surface area contributed by atoms with E-state index in [0.717, 1.165) is 18.4 Å². The molecule has 0 radical (unpaired) electrons. The van der Waals surface area contributed by atoms with Crippen LogP contribution in [0.15, 0.2) is 24.3 Å². The standard InChI is InChI=1S/C21H33N3O4/c1-6-16(7-2)19(26)23-14-15-8-10-17(11-9-15)24-18(25)12-13-22-20(27)28-21(3,4)5/h8-11,16H,6-7,12-14H2,1-5H3,(H,22,27)(H,23,26)(H,24,25). The first-order valence-electron chi connectivity index (χ1n) is 9.78. The van der Waals surface area contributed by atoms with Crippen LogP contribution in [-0.4, -0.2) is 30.1 Å². The number of anilines is 1. The Morgan fingerprint density at radius 2 is 1.61 bits per heavy atom. The fourth-order valence-electron chi connectivity index (χ4n) is 2.51. The van der Waals surface area contributed by atoms with Gasteiger partial charge in [-0.3, -0.25) is 9.59 Å².